The molecule has 2 N–H and O–H groups in total. The first-order valence-electron chi connectivity index (χ1n) is 6.81. The van der Waals surface area contributed by atoms with E-state index in [0.29, 0.717) is 6.54 Å². The first-order valence-corrected chi connectivity index (χ1v) is 6.81. The summed E-state index contributed by atoms with van der Waals surface area (Å²) in [6.07, 6.45) is 4.64. The summed E-state index contributed by atoms with van der Waals surface area (Å²) in [6, 6.07) is 2.20. The van der Waals surface area contributed by atoms with Gasteiger partial charge in [0.25, 0.3) is 0 Å². The van der Waals surface area contributed by atoms with Gasteiger partial charge in [-0.25, -0.2) is 9.97 Å². The van der Waals surface area contributed by atoms with Crippen molar-refractivity contribution in [3.8, 4) is 5.82 Å². The fourth-order valence-corrected chi connectivity index (χ4v) is 2.73. The van der Waals surface area contributed by atoms with Crippen LogP contribution in [0.2, 0.25) is 0 Å². The number of rotatable bonds is 2. The van der Waals surface area contributed by atoms with Crippen LogP contribution >= 0.6 is 0 Å². The summed E-state index contributed by atoms with van der Waals surface area (Å²) >= 11 is 0. The van der Waals surface area contributed by atoms with Crippen molar-refractivity contribution in [1.29, 1.82) is 0 Å². The van der Waals surface area contributed by atoms with Crippen LogP contribution in [0.3, 0.4) is 0 Å². The Kier molecular flexibility index (Phi) is 3.06. The predicted octanol–water partition coefficient (Wildman–Crippen LogP) is 1.62. The zero-order valence-corrected chi connectivity index (χ0v) is 11.5. The molecule has 1 aliphatic rings. The average Bonchev–Trinajstić information content (AvgIpc) is 2.76. The molecule has 0 aliphatic heterocycles. The van der Waals surface area contributed by atoms with E-state index in [0.717, 1.165) is 35.9 Å². The second kappa shape index (κ2) is 4.74. The van der Waals surface area contributed by atoms with Crippen molar-refractivity contribution in [2.45, 2.75) is 46.1 Å². The zero-order valence-electron chi connectivity index (χ0n) is 11.5. The third-order valence-corrected chi connectivity index (χ3v) is 3.65. The van der Waals surface area contributed by atoms with E-state index < -0.39 is 0 Å². The van der Waals surface area contributed by atoms with Crippen LogP contribution in [0.4, 0.5) is 0 Å². The molecule has 3 rings (SSSR count). The zero-order chi connectivity index (χ0) is 13.4. The van der Waals surface area contributed by atoms with Crippen molar-refractivity contribution >= 4 is 0 Å². The van der Waals surface area contributed by atoms with Crippen molar-refractivity contribution in [3.05, 3.63) is 34.5 Å². The Balaban J connectivity index is 2.16. The molecule has 19 heavy (non-hydrogen) atoms. The maximum atomic E-state index is 5.88. The highest BCUT2D eigenvalue weighted by Gasteiger charge is 2.17. The first-order chi connectivity index (χ1) is 9.19. The van der Waals surface area contributed by atoms with E-state index in [1.54, 1.807) is 0 Å². The topological polar surface area (TPSA) is 69.6 Å². The maximum absolute atomic E-state index is 5.88. The van der Waals surface area contributed by atoms with E-state index in [9.17, 15) is 0 Å². The highest BCUT2D eigenvalue weighted by atomic mass is 15.4. The number of nitrogens with two attached hydrogens (primary N) is 1. The standard InChI is InChI=1S/C14H19N5/c1-9-16-10(2)19(18-9)14-12(8-15)7-11-5-3-4-6-13(11)17-14/h7H,3-6,8,15H2,1-2H3. The van der Waals surface area contributed by atoms with Gasteiger partial charge in [-0.05, 0) is 51.2 Å². The first kappa shape index (κ1) is 12.3. The van der Waals surface area contributed by atoms with Gasteiger partial charge >= 0.3 is 0 Å². The van der Waals surface area contributed by atoms with Gasteiger partial charge in [0.15, 0.2) is 5.82 Å². The molecule has 0 amide bonds. The van der Waals surface area contributed by atoms with Crippen LogP contribution in [0.15, 0.2) is 6.07 Å². The number of hydrogen-bond donors (Lipinski definition) is 1. The number of hydrogen-bond acceptors (Lipinski definition) is 4. The fraction of sp³-hybridized carbons (Fsp3) is 0.500. The molecule has 0 saturated heterocycles. The van der Waals surface area contributed by atoms with Gasteiger partial charge in [-0.15, -0.1) is 5.10 Å². The van der Waals surface area contributed by atoms with Crippen LogP contribution in [0, 0.1) is 13.8 Å². The summed E-state index contributed by atoms with van der Waals surface area (Å²) in [6.45, 7) is 4.32. The van der Waals surface area contributed by atoms with Crippen LogP contribution in [0.5, 0.6) is 0 Å². The molecular weight excluding hydrogens is 238 g/mol. The Labute approximate surface area is 112 Å². The van der Waals surface area contributed by atoms with Gasteiger partial charge in [-0.2, -0.15) is 4.68 Å². The fourth-order valence-electron chi connectivity index (χ4n) is 2.73. The SMILES string of the molecule is Cc1nc(C)n(-c2nc3c(cc2CN)CCCC3)n1. The lowest BCUT2D eigenvalue weighted by molar-refractivity contribution is 0.656. The molecular formula is C14H19N5. The monoisotopic (exact) mass is 257 g/mol. The molecule has 2 aromatic heterocycles. The van der Waals surface area contributed by atoms with Gasteiger partial charge in [0.2, 0.25) is 0 Å². The van der Waals surface area contributed by atoms with E-state index in [-0.39, 0.29) is 0 Å². The highest BCUT2D eigenvalue weighted by Crippen LogP contribution is 2.24. The molecule has 0 saturated carbocycles. The molecule has 0 aromatic carbocycles. The van der Waals surface area contributed by atoms with Gasteiger partial charge in [0.05, 0.1) is 0 Å². The average molecular weight is 257 g/mol. The normalized spacial score (nSPS) is 14.5. The Bertz CT molecular complexity index is 615. The summed E-state index contributed by atoms with van der Waals surface area (Å²) in [7, 11) is 0. The molecule has 0 radical (unpaired) electrons. The number of fused-ring (bicyclic) bond motifs is 1. The number of aryl methyl sites for hydroxylation is 4. The van der Waals surface area contributed by atoms with Crippen molar-refractivity contribution < 1.29 is 0 Å². The molecule has 0 fully saturated rings. The van der Waals surface area contributed by atoms with Gasteiger partial charge in [0, 0.05) is 17.8 Å². The molecule has 0 unspecified atom stereocenters. The summed E-state index contributed by atoms with van der Waals surface area (Å²) in [5, 5.41) is 4.43. The van der Waals surface area contributed by atoms with Gasteiger partial charge in [-0.1, -0.05) is 0 Å². The lowest BCUT2D eigenvalue weighted by atomic mass is 9.95. The van der Waals surface area contributed by atoms with E-state index in [1.807, 2.05) is 18.5 Å². The third-order valence-electron chi connectivity index (χ3n) is 3.65. The molecule has 0 bridgehead atoms. The van der Waals surface area contributed by atoms with Crippen LogP contribution in [0.25, 0.3) is 5.82 Å². The predicted molar refractivity (Wildman–Crippen MR) is 73.2 cm³/mol. The molecule has 0 spiro atoms. The lowest BCUT2D eigenvalue weighted by Crippen LogP contribution is -2.15. The Morgan fingerprint density at radius 1 is 1.21 bits per heavy atom. The largest absolute Gasteiger partial charge is 0.326 e. The van der Waals surface area contributed by atoms with Crippen LogP contribution in [-0.2, 0) is 19.4 Å². The summed E-state index contributed by atoms with van der Waals surface area (Å²) in [5.74, 6) is 2.47. The van der Waals surface area contributed by atoms with Gasteiger partial charge in [-0.3, -0.25) is 0 Å². The molecule has 5 nitrogen and oxygen atoms in total. The second-order valence-corrected chi connectivity index (χ2v) is 5.11. The Hall–Kier alpha value is -1.75. The number of nitrogens with zero attached hydrogens (tertiary/aromatic N) is 4. The minimum absolute atomic E-state index is 0.480. The van der Waals surface area contributed by atoms with Crippen molar-refractivity contribution in [2.75, 3.05) is 0 Å². The smallest absolute Gasteiger partial charge is 0.160 e. The Morgan fingerprint density at radius 3 is 2.68 bits per heavy atom. The number of aromatic nitrogens is 4. The molecule has 2 heterocycles. The summed E-state index contributed by atoms with van der Waals surface area (Å²) < 4.78 is 1.81. The molecule has 1 aliphatic carbocycles. The quantitative estimate of drug-likeness (QED) is 0.887. The van der Waals surface area contributed by atoms with E-state index >= 15 is 0 Å². The maximum Gasteiger partial charge on any atom is 0.160 e. The Morgan fingerprint density at radius 2 is 2.00 bits per heavy atom. The van der Waals surface area contributed by atoms with Crippen molar-refractivity contribution in [3.63, 3.8) is 0 Å². The van der Waals surface area contributed by atoms with E-state index in [2.05, 4.69) is 16.1 Å². The van der Waals surface area contributed by atoms with Gasteiger partial charge < -0.3 is 5.73 Å². The highest BCUT2D eigenvalue weighted by molar-refractivity contribution is 5.40. The lowest BCUT2D eigenvalue weighted by Gasteiger charge is -2.18. The van der Waals surface area contributed by atoms with Gasteiger partial charge in [0.1, 0.15) is 11.6 Å². The van der Waals surface area contributed by atoms with Crippen LogP contribution in [-0.4, -0.2) is 19.7 Å². The number of pyridine rings is 1. The van der Waals surface area contributed by atoms with Crippen LogP contribution in [0.1, 0.15) is 41.3 Å². The minimum atomic E-state index is 0.480. The molecule has 2 aromatic rings. The van der Waals surface area contributed by atoms with Crippen molar-refractivity contribution in [2.24, 2.45) is 5.73 Å². The molecule has 0 atom stereocenters. The minimum Gasteiger partial charge on any atom is -0.326 e. The van der Waals surface area contributed by atoms with Crippen LogP contribution < -0.4 is 5.73 Å². The van der Waals surface area contributed by atoms with E-state index in [4.69, 9.17) is 10.7 Å². The third kappa shape index (κ3) is 2.14. The van der Waals surface area contributed by atoms with E-state index in [1.165, 1.54) is 24.1 Å². The second-order valence-electron chi connectivity index (χ2n) is 5.11. The van der Waals surface area contributed by atoms with Crippen molar-refractivity contribution in [1.82, 2.24) is 19.7 Å². The molecule has 100 valence electrons. The molecule has 5 heteroatoms. The summed E-state index contributed by atoms with van der Waals surface area (Å²) in [4.78, 5) is 9.15. The summed E-state index contributed by atoms with van der Waals surface area (Å²) in [5.41, 5.74) is 9.48.